The van der Waals surface area contributed by atoms with Crippen molar-refractivity contribution in [1.82, 2.24) is 19.9 Å². The number of hydrogen-bond donors (Lipinski definition) is 3. The number of aromatic amines is 2. The number of hydrogen-bond acceptors (Lipinski definition) is 5. The molecule has 1 aliphatic heterocycles. The summed E-state index contributed by atoms with van der Waals surface area (Å²) in [5.74, 6) is 0.803. The van der Waals surface area contributed by atoms with Crippen LogP contribution >= 0.6 is 0 Å². The summed E-state index contributed by atoms with van der Waals surface area (Å²) in [7, 11) is 0. The number of carbonyl (C=O) groups excluding carboxylic acids is 1. The molecule has 21 heavy (non-hydrogen) atoms. The summed E-state index contributed by atoms with van der Waals surface area (Å²) in [5.41, 5.74) is -0.255. The molecule has 0 aliphatic carbocycles. The highest BCUT2D eigenvalue weighted by Gasteiger charge is 2.14. The molecule has 8 heteroatoms. The average molecular weight is 288 g/mol. The number of nitrogens with zero attached hydrogens (tertiary/aromatic N) is 3. The monoisotopic (exact) mass is 288 g/mol. The highest BCUT2D eigenvalue weighted by molar-refractivity contribution is 6.02. The maximum atomic E-state index is 11.9. The lowest BCUT2D eigenvalue weighted by molar-refractivity contribution is 0.102. The molecule has 0 atom stereocenters. The molecule has 2 aromatic rings. The molecule has 1 amide bonds. The smallest absolute Gasteiger partial charge is 0.323 e. The van der Waals surface area contributed by atoms with Crippen molar-refractivity contribution in [2.45, 2.75) is 19.3 Å². The normalized spacial score (nSPS) is 15.0. The predicted molar refractivity (Wildman–Crippen MR) is 77.5 cm³/mol. The highest BCUT2D eigenvalue weighted by Crippen LogP contribution is 2.19. The van der Waals surface area contributed by atoms with Crippen molar-refractivity contribution in [2.24, 2.45) is 0 Å². The third-order valence-electron chi connectivity index (χ3n) is 3.41. The molecule has 3 N–H and O–H groups in total. The van der Waals surface area contributed by atoms with Gasteiger partial charge < -0.3 is 20.2 Å². The zero-order valence-electron chi connectivity index (χ0n) is 11.4. The van der Waals surface area contributed by atoms with E-state index >= 15 is 0 Å². The molecule has 8 nitrogen and oxygen atoms in total. The summed E-state index contributed by atoms with van der Waals surface area (Å²) < 4.78 is 0. The van der Waals surface area contributed by atoms with Gasteiger partial charge in [0, 0.05) is 25.4 Å². The molecule has 2 aromatic heterocycles. The van der Waals surface area contributed by atoms with Crippen molar-refractivity contribution >= 4 is 17.5 Å². The van der Waals surface area contributed by atoms with Gasteiger partial charge in [-0.1, -0.05) is 0 Å². The molecule has 0 unspecified atom stereocenters. The van der Waals surface area contributed by atoms with Crippen LogP contribution in [0.25, 0.3) is 0 Å². The number of aromatic nitrogens is 4. The zero-order chi connectivity index (χ0) is 14.7. The lowest BCUT2D eigenvalue weighted by Crippen LogP contribution is -2.30. The number of H-pyrrole nitrogens is 2. The second kappa shape index (κ2) is 5.78. The van der Waals surface area contributed by atoms with Crippen molar-refractivity contribution in [3.05, 3.63) is 34.8 Å². The van der Waals surface area contributed by atoms with E-state index in [-0.39, 0.29) is 5.69 Å². The fraction of sp³-hybridized carbons (Fsp3) is 0.385. The van der Waals surface area contributed by atoms with Gasteiger partial charge in [-0.15, -0.1) is 0 Å². The molecule has 110 valence electrons. The molecule has 0 bridgehead atoms. The number of imidazole rings is 1. The summed E-state index contributed by atoms with van der Waals surface area (Å²) in [5, 5.41) is 2.64. The fourth-order valence-electron chi connectivity index (χ4n) is 2.35. The van der Waals surface area contributed by atoms with Crippen molar-refractivity contribution in [2.75, 3.05) is 23.3 Å². The van der Waals surface area contributed by atoms with Crippen LogP contribution < -0.4 is 15.9 Å². The van der Waals surface area contributed by atoms with E-state index in [0.29, 0.717) is 5.82 Å². The van der Waals surface area contributed by atoms with Gasteiger partial charge in [0.05, 0.1) is 0 Å². The molecule has 1 saturated heterocycles. The fourth-order valence-corrected chi connectivity index (χ4v) is 2.35. The Morgan fingerprint density at radius 2 is 2.05 bits per heavy atom. The van der Waals surface area contributed by atoms with Crippen molar-refractivity contribution in [3.63, 3.8) is 0 Å². The van der Waals surface area contributed by atoms with Gasteiger partial charge in [0.1, 0.15) is 23.7 Å². The Hall–Kier alpha value is -2.64. The summed E-state index contributed by atoms with van der Waals surface area (Å²) in [6, 6.07) is 1.74. The van der Waals surface area contributed by atoms with Gasteiger partial charge >= 0.3 is 5.69 Å². The van der Waals surface area contributed by atoms with Gasteiger partial charge in [0.15, 0.2) is 0 Å². The minimum Gasteiger partial charge on any atom is -0.356 e. The third-order valence-corrected chi connectivity index (χ3v) is 3.41. The molecule has 3 heterocycles. The van der Waals surface area contributed by atoms with Crippen LogP contribution in [-0.4, -0.2) is 38.9 Å². The Labute approximate surface area is 120 Å². The summed E-state index contributed by atoms with van der Waals surface area (Å²) in [6.07, 6.45) is 6.29. The molecule has 0 saturated carbocycles. The SMILES string of the molecule is O=C(Nc1cc(N2CCCCC2)ncn1)c1c[nH]c(=O)[nH]1. The largest absolute Gasteiger partial charge is 0.356 e. The number of piperidine rings is 1. The molecule has 1 aliphatic rings. The van der Waals surface area contributed by atoms with Gasteiger partial charge in [0.2, 0.25) is 0 Å². The van der Waals surface area contributed by atoms with Gasteiger partial charge in [-0.25, -0.2) is 14.8 Å². The van der Waals surface area contributed by atoms with E-state index in [1.807, 2.05) is 0 Å². The molecule has 0 aromatic carbocycles. The highest BCUT2D eigenvalue weighted by atomic mass is 16.2. The number of carbonyl (C=O) groups is 1. The zero-order valence-corrected chi connectivity index (χ0v) is 11.4. The molecule has 0 radical (unpaired) electrons. The number of nitrogens with one attached hydrogen (secondary N) is 3. The number of anilines is 2. The standard InChI is InChI=1S/C13H16N6O2/c20-12(9-7-14-13(21)17-9)18-10-6-11(16-8-15-10)19-4-2-1-3-5-19/h6-8H,1-5H2,(H2,14,17,21)(H,15,16,18,20). The first-order valence-corrected chi connectivity index (χ1v) is 6.88. The molecule has 1 fully saturated rings. The number of rotatable bonds is 3. The van der Waals surface area contributed by atoms with E-state index in [4.69, 9.17) is 0 Å². The Bertz CT molecular complexity index is 686. The maximum absolute atomic E-state index is 11.9. The van der Waals surface area contributed by atoms with Crippen LogP contribution in [0.5, 0.6) is 0 Å². The summed E-state index contributed by atoms with van der Waals surface area (Å²) >= 11 is 0. The summed E-state index contributed by atoms with van der Waals surface area (Å²) in [4.78, 5) is 38.2. The Morgan fingerprint density at radius 1 is 1.24 bits per heavy atom. The van der Waals surface area contributed by atoms with E-state index in [0.717, 1.165) is 31.7 Å². The van der Waals surface area contributed by atoms with Crippen molar-refractivity contribution < 1.29 is 4.79 Å². The van der Waals surface area contributed by atoms with Crippen LogP contribution in [0.4, 0.5) is 11.6 Å². The Morgan fingerprint density at radius 3 is 2.76 bits per heavy atom. The quantitative estimate of drug-likeness (QED) is 0.772. The summed E-state index contributed by atoms with van der Waals surface area (Å²) in [6.45, 7) is 1.94. The van der Waals surface area contributed by atoms with Crippen molar-refractivity contribution in [3.8, 4) is 0 Å². The van der Waals surface area contributed by atoms with Gasteiger partial charge in [-0.2, -0.15) is 0 Å². The van der Waals surface area contributed by atoms with Gasteiger partial charge in [-0.3, -0.25) is 4.79 Å². The van der Waals surface area contributed by atoms with Crippen molar-refractivity contribution in [1.29, 1.82) is 0 Å². The first-order chi connectivity index (χ1) is 10.2. The van der Waals surface area contributed by atoms with Crippen LogP contribution in [0.3, 0.4) is 0 Å². The lowest BCUT2D eigenvalue weighted by Gasteiger charge is -2.27. The van der Waals surface area contributed by atoms with Crippen LogP contribution in [0.1, 0.15) is 29.8 Å². The van der Waals surface area contributed by atoms with E-state index in [1.165, 1.54) is 18.9 Å². The van der Waals surface area contributed by atoms with Crippen LogP contribution in [0, 0.1) is 0 Å². The number of amides is 1. The Balaban J connectivity index is 1.73. The van der Waals surface area contributed by atoms with E-state index in [2.05, 4.69) is 30.2 Å². The first kappa shape index (κ1) is 13.3. The molecular formula is C13H16N6O2. The van der Waals surface area contributed by atoms with E-state index in [9.17, 15) is 9.59 Å². The molecule has 0 spiro atoms. The second-order valence-corrected chi connectivity index (χ2v) is 4.92. The first-order valence-electron chi connectivity index (χ1n) is 6.88. The van der Waals surface area contributed by atoms with Crippen LogP contribution in [0.15, 0.2) is 23.4 Å². The van der Waals surface area contributed by atoms with Crippen LogP contribution in [-0.2, 0) is 0 Å². The third kappa shape index (κ3) is 3.10. The lowest BCUT2D eigenvalue weighted by atomic mass is 10.1. The Kier molecular flexibility index (Phi) is 3.67. The predicted octanol–water partition coefficient (Wildman–Crippen LogP) is 0.736. The molecular weight excluding hydrogens is 272 g/mol. The van der Waals surface area contributed by atoms with Gasteiger partial charge in [0.25, 0.3) is 5.91 Å². The molecule has 3 rings (SSSR count). The van der Waals surface area contributed by atoms with E-state index in [1.54, 1.807) is 6.07 Å². The average Bonchev–Trinajstić information content (AvgIpc) is 2.95. The maximum Gasteiger partial charge on any atom is 0.323 e. The second-order valence-electron chi connectivity index (χ2n) is 4.92. The minimum absolute atomic E-state index is 0.165. The topological polar surface area (TPSA) is 107 Å². The van der Waals surface area contributed by atoms with Gasteiger partial charge in [-0.05, 0) is 19.3 Å². The van der Waals surface area contributed by atoms with E-state index < -0.39 is 11.6 Å². The minimum atomic E-state index is -0.420. The van der Waals surface area contributed by atoms with Crippen LogP contribution in [0.2, 0.25) is 0 Å².